The number of benzene rings is 2. The zero-order valence-corrected chi connectivity index (χ0v) is 19.0. The number of hydrogen-bond acceptors (Lipinski definition) is 4. The van der Waals surface area contributed by atoms with Crippen LogP contribution in [0.3, 0.4) is 0 Å². The Hall–Kier alpha value is -1.40. The minimum atomic E-state index is -1.95. The van der Waals surface area contributed by atoms with E-state index in [0.29, 0.717) is 9.13 Å². The molecule has 0 aromatic heterocycles. The minimum Gasteiger partial charge on any atom is -0.339 e. The monoisotopic (exact) mass is 572 g/mol. The normalized spacial score (nSPS) is 12.0. The Morgan fingerprint density at radius 2 is 1.71 bits per heavy atom. The molecule has 2 aromatic rings. The van der Waals surface area contributed by atoms with Gasteiger partial charge in [-0.25, -0.2) is 0 Å². The predicted molar refractivity (Wildman–Crippen MR) is 123 cm³/mol. The van der Waals surface area contributed by atoms with Gasteiger partial charge in [-0.1, -0.05) is 59.1 Å². The summed E-state index contributed by atoms with van der Waals surface area (Å²) in [5, 5.41) is 18.9. The van der Waals surface area contributed by atoms with Crippen LogP contribution < -0.4 is 16.0 Å². The van der Waals surface area contributed by atoms with Crippen LogP contribution in [-0.2, 0) is 0 Å². The van der Waals surface area contributed by atoms with Gasteiger partial charge in [-0.15, -0.1) is 0 Å². The van der Waals surface area contributed by atoms with Crippen LogP contribution in [0.2, 0.25) is 0 Å². The number of hydrogen-bond donors (Lipinski definition) is 3. The number of thiocarbonyl (C=S) groups is 1. The second-order valence-corrected chi connectivity index (χ2v) is 9.24. The number of rotatable bonds is 5. The van der Waals surface area contributed by atoms with Crippen molar-refractivity contribution in [2.75, 3.05) is 5.32 Å². The van der Waals surface area contributed by atoms with Crippen LogP contribution >= 0.6 is 69.6 Å². The van der Waals surface area contributed by atoms with E-state index in [9.17, 15) is 14.9 Å². The van der Waals surface area contributed by atoms with E-state index in [2.05, 4.69) is 16.0 Å². The average Bonchev–Trinajstić information content (AvgIpc) is 2.60. The number of nitrogens with one attached hydrogen (secondary N) is 3. The molecule has 7 nitrogen and oxygen atoms in total. The minimum absolute atomic E-state index is 0.0753. The fourth-order valence-corrected chi connectivity index (χ4v) is 3.27. The van der Waals surface area contributed by atoms with E-state index in [1.807, 2.05) is 22.6 Å². The van der Waals surface area contributed by atoms with E-state index in [0.717, 1.165) is 0 Å². The SMILES string of the molecule is O=C(N[C@H](NC(=S)Nc1ccccc1[N+](=O)[O-])C(Cl)(Cl)Cl)c1ccccc1I. The molecule has 0 aliphatic rings. The number of carbonyl (C=O) groups is 1. The van der Waals surface area contributed by atoms with Crippen LogP contribution in [0.4, 0.5) is 11.4 Å². The van der Waals surface area contributed by atoms with Gasteiger partial charge in [-0.2, -0.15) is 0 Å². The van der Waals surface area contributed by atoms with Gasteiger partial charge >= 0.3 is 0 Å². The van der Waals surface area contributed by atoms with Gasteiger partial charge in [0.1, 0.15) is 11.9 Å². The Morgan fingerprint density at radius 3 is 2.32 bits per heavy atom. The van der Waals surface area contributed by atoms with Crippen molar-refractivity contribution in [2.24, 2.45) is 0 Å². The van der Waals surface area contributed by atoms with Gasteiger partial charge in [0.05, 0.1) is 10.5 Å². The number of nitro groups is 1. The van der Waals surface area contributed by atoms with E-state index in [4.69, 9.17) is 47.0 Å². The zero-order valence-electron chi connectivity index (χ0n) is 13.8. The third-order valence-electron chi connectivity index (χ3n) is 3.35. The fraction of sp³-hybridized carbons (Fsp3) is 0.125. The molecule has 28 heavy (non-hydrogen) atoms. The lowest BCUT2D eigenvalue weighted by Gasteiger charge is -2.28. The Morgan fingerprint density at radius 1 is 1.11 bits per heavy atom. The summed E-state index contributed by atoms with van der Waals surface area (Å²) in [5.74, 6) is -0.484. The smallest absolute Gasteiger partial charge is 0.292 e. The molecular weight excluding hydrogens is 562 g/mol. The second kappa shape index (κ2) is 9.88. The van der Waals surface area contributed by atoms with Crippen molar-refractivity contribution in [3.8, 4) is 0 Å². The largest absolute Gasteiger partial charge is 0.339 e. The van der Waals surface area contributed by atoms with Gasteiger partial charge in [-0.3, -0.25) is 14.9 Å². The highest BCUT2D eigenvalue weighted by atomic mass is 127. The molecule has 0 unspecified atom stereocenters. The Labute approximate surface area is 194 Å². The van der Waals surface area contributed by atoms with E-state index in [1.54, 1.807) is 30.3 Å². The highest BCUT2D eigenvalue weighted by Crippen LogP contribution is 2.30. The van der Waals surface area contributed by atoms with Crippen LogP contribution in [0.1, 0.15) is 10.4 Å². The zero-order chi connectivity index (χ0) is 20.9. The highest BCUT2D eigenvalue weighted by Gasteiger charge is 2.35. The maximum Gasteiger partial charge on any atom is 0.292 e. The Bertz CT molecular complexity index is 911. The quantitative estimate of drug-likeness (QED) is 0.121. The molecule has 0 fully saturated rings. The summed E-state index contributed by atoms with van der Waals surface area (Å²) in [4.78, 5) is 23.1. The molecule has 0 radical (unpaired) electrons. The van der Waals surface area contributed by atoms with Gasteiger partial charge in [0.15, 0.2) is 5.11 Å². The van der Waals surface area contributed by atoms with Crippen LogP contribution in [0.5, 0.6) is 0 Å². The van der Waals surface area contributed by atoms with E-state index >= 15 is 0 Å². The summed E-state index contributed by atoms with van der Waals surface area (Å²) >= 11 is 25.0. The molecule has 1 atom stereocenters. The molecule has 0 saturated heterocycles. The van der Waals surface area contributed by atoms with Crippen molar-refractivity contribution >= 4 is 92.0 Å². The summed E-state index contributed by atoms with van der Waals surface area (Å²) in [6.45, 7) is 0. The fourth-order valence-electron chi connectivity index (χ4n) is 2.08. The van der Waals surface area contributed by atoms with E-state index < -0.39 is 20.8 Å². The highest BCUT2D eigenvalue weighted by molar-refractivity contribution is 14.1. The number of carbonyl (C=O) groups excluding carboxylic acids is 1. The number of nitro benzene ring substituents is 1. The lowest BCUT2D eigenvalue weighted by molar-refractivity contribution is -0.383. The molecule has 0 aliphatic heterocycles. The number of halogens is 4. The van der Waals surface area contributed by atoms with E-state index in [1.165, 1.54) is 18.2 Å². The van der Waals surface area contributed by atoms with Gasteiger partial charge in [-0.05, 0) is 53.0 Å². The van der Waals surface area contributed by atoms with Crippen LogP contribution in [0.25, 0.3) is 0 Å². The van der Waals surface area contributed by atoms with Crippen molar-refractivity contribution < 1.29 is 9.72 Å². The predicted octanol–water partition coefficient (Wildman–Crippen LogP) is 4.61. The first-order valence-corrected chi connectivity index (χ1v) is 10.1. The van der Waals surface area contributed by atoms with Crippen molar-refractivity contribution in [3.05, 3.63) is 67.8 Å². The molecule has 0 saturated carbocycles. The van der Waals surface area contributed by atoms with Crippen LogP contribution in [0.15, 0.2) is 48.5 Å². The summed E-state index contributed by atoms with van der Waals surface area (Å²) < 4.78 is -1.24. The molecule has 0 aliphatic carbocycles. The Kier molecular flexibility index (Phi) is 8.07. The molecule has 0 bridgehead atoms. The Balaban J connectivity index is 2.15. The van der Waals surface area contributed by atoms with Gasteiger partial charge in [0, 0.05) is 9.64 Å². The lowest BCUT2D eigenvalue weighted by atomic mass is 10.2. The van der Waals surface area contributed by atoms with Crippen molar-refractivity contribution in [3.63, 3.8) is 0 Å². The molecule has 12 heteroatoms. The van der Waals surface area contributed by atoms with Crippen LogP contribution in [0, 0.1) is 13.7 Å². The number of anilines is 1. The molecule has 2 aromatic carbocycles. The third-order valence-corrected chi connectivity index (χ3v) is 5.16. The van der Waals surface area contributed by atoms with Crippen molar-refractivity contribution in [1.82, 2.24) is 10.6 Å². The van der Waals surface area contributed by atoms with Gasteiger partial charge in [0.2, 0.25) is 3.79 Å². The average molecular weight is 574 g/mol. The molecule has 0 spiro atoms. The standard InChI is InChI=1S/C16H12Cl3IN4O3S/c17-16(18,19)14(22-13(25)9-5-1-2-6-10(9)20)23-15(28)21-11-7-3-4-8-12(11)24(26)27/h1-8,14H,(H,22,25)(H2,21,23,28)/t14-/m1/s1. The van der Waals surface area contributed by atoms with Crippen molar-refractivity contribution in [2.45, 2.75) is 9.96 Å². The van der Waals surface area contributed by atoms with E-state index in [-0.39, 0.29) is 16.5 Å². The molecule has 2 rings (SSSR count). The first kappa shape index (κ1) is 22.9. The molecule has 1 amide bonds. The maximum atomic E-state index is 12.5. The summed E-state index contributed by atoms with van der Waals surface area (Å²) in [5.41, 5.74) is 0.360. The first-order chi connectivity index (χ1) is 13.1. The molecular formula is C16H12Cl3IN4O3S. The van der Waals surface area contributed by atoms with Crippen LogP contribution in [-0.4, -0.2) is 25.9 Å². The number of para-hydroxylation sites is 2. The summed E-state index contributed by atoms with van der Waals surface area (Å²) in [6.07, 6.45) is -1.20. The first-order valence-electron chi connectivity index (χ1n) is 7.52. The van der Waals surface area contributed by atoms with Gasteiger partial charge < -0.3 is 16.0 Å². The molecule has 148 valence electrons. The second-order valence-electron chi connectivity index (χ2n) is 5.30. The number of amides is 1. The summed E-state index contributed by atoms with van der Waals surface area (Å²) in [6, 6.07) is 12.8. The summed E-state index contributed by atoms with van der Waals surface area (Å²) in [7, 11) is 0. The van der Waals surface area contributed by atoms with Crippen molar-refractivity contribution in [1.29, 1.82) is 0 Å². The number of alkyl halides is 3. The van der Waals surface area contributed by atoms with Gasteiger partial charge in [0.25, 0.3) is 11.6 Å². The third kappa shape index (κ3) is 6.31. The maximum absolute atomic E-state index is 12.5. The molecule has 3 N–H and O–H groups in total. The number of nitrogens with zero attached hydrogens (tertiary/aromatic N) is 1. The molecule has 0 heterocycles. The topological polar surface area (TPSA) is 96.3 Å². The lowest BCUT2D eigenvalue weighted by Crippen LogP contribution is -2.56.